The molecular weight excluding hydrogens is 278 g/mol. The van der Waals surface area contributed by atoms with Gasteiger partial charge in [-0.25, -0.2) is 0 Å². The van der Waals surface area contributed by atoms with E-state index in [0.717, 1.165) is 42.5 Å². The van der Waals surface area contributed by atoms with Crippen LogP contribution in [-0.4, -0.2) is 29.5 Å². The molecule has 0 fully saturated rings. The Balaban J connectivity index is 2.04. The van der Waals surface area contributed by atoms with Crippen LogP contribution in [0.2, 0.25) is 0 Å². The highest BCUT2D eigenvalue weighted by Crippen LogP contribution is 2.33. The highest BCUT2D eigenvalue weighted by atomic mass is 32.2. The van der Waals surface area contributed by atoms with Crippen LogP contribution in [0.3, 0.4) is 0 Å². The third-order valence-electron chi connectivity index (χ3n) is 4.38. The first-order valence-electron chi connectivity index (χ1n) is 8.01. The molecule has 2 rings (SSSR count). The van der Waals surface area contributed by atoms with Gasteiger partial charge in [-0.2, -0.15) is 0 Å². The number of hydrogen-bond acceptors (Lipinski definition) is 4. The molecule has 116 valence electrons. The number of hydrogen-bond donors (Lipinski definition) is 1. The lowest BCUT2D eigenvalue weighted by Gasteiger charge is -2.21. The zero-order valence-corrected chi connectivity index (χ0v) is 14.5. The second-order valence-electron chi connectivity index (χ2n) is 5.48. The molecule has 0 saturated heterocycles. The molecule has 1 aromatic carbocycles. The van der Waals surface area contributed by atoms with Crippen molar-refractivity contribution in [2.75, 3.05) is 29.1 Å². The van der Waals surface area contributed by atoms with Gasteiger partial charge in [-0.05, 0) is 51.0 Å². The van der Waals surface area contributed by atoms with Crippen molar-refractivity contribution in [3.05, 3.63) is 24.3 Å². The molecule has 3 nitrogen and oxygen atoms in total. The van der Waals surface area contributed by atoms with Gasteiger partial charge in [-0.1, -0.05) is 25.6 Å². The summed E-state index contributed by atoms with van der Waals surface area (Å²) in [5, 5.41) is 4.53. The average molecular weight is 305 g/mol. The summed E-state index contributed by atoms with van der Waals surface area (Å²) in [4.78, 5) is 7.25. The van der Waals surface area contributed by atoms with Gasteiger partial charge >= 0.3 is 0 Å². The van der Waals surface area contributed by atoms with Crippen molar-refractivity contribution in [1.82, 2.24) is 0 Å². The molecule has 0 unspecified atom stereocenters. The molecule has 0 radical (unpaired) electrons. The van der Waals surface area contributed by atoms with E-state index in [9.17, 15) is 0 Å². The van der Waals surface area contributed by atoms with E-state index in [0.29, 0.717) is 0 Å². The number of thioether (sulfide) groups is 1. The molecule has 4 heteroatoms. The lowest BCUT2D eigenvalue weighted by atomic mass is 9.97. The molecule has 0 bridgehead atoms. The van der Waals surface area contributed by atoms with Crippen LogP contribution in [0.15, 0.2) is 29.3 Å². The minimum absolute atomic E-state index is 0.147. The van der Waals surface area contributed by atoms with Gasteiger partial charge in [0.05, 0.1) is 5.54 Å². The summed E-state index contributed by atoms with van der Waals surface area (Å²) in [6.45, 7) is 10.9. The van der Waals surface area contributed by atoms with Crippen LogP contribution in [0.25, 0.3) is 0 Å². The van der Waals surface area contributed by atoms with Crippen molar-refractivity contribution >= 4 is 28.3 Å². The molecule has 1 aliphatic rings. The van der Waals surface area contributed by atoms with Crippen LogP contribution in [0.1, 0.15) is 40.5 Å². The van der Waals surface area contributed by atoms with Gasteiger partial charge < -0.3 is 10.2 Å². The maximum absolute atomic E-state index is 4.90. The van der Waals surface area contributed by atoms with Crippen molar-refractivity contribution in [3.8, 4) is 0 Å². The van der Waals surface area contributed by atoms with Gasteiger partial charge in [0.25, 0.3) is 0 Å². The Morgan fingerprint density at radius 2 is 1.71 bits per heavy atom. The summed E-state index contributed by atoms with van der Waals surface area (Å²) in [5.41, 5.74) is 2.55. The highest BCUT2D eigenvalue weighted by molar-refractivity contribution is 8.14. The van der Waals surface area contributed by atoms with Crippen LogP contribution < -0.4 is 10.2 Å². The van der Waals surface area contributed by atoms with E-state index >= 15 is 0 Å². The van der Waals surface area contributed by atoms with Crippen molar-refractivity contribution in [2.45, 2.75) is 46.1 Å². The second kappa shape index (κ2) is 7.21. The Hall–Kier alpha value is -1.16. The van der Waals surface area contributed by atoms with Gasteiger partial charge in [-0.3, -0.25) is 4.99 Å². The topological polar surface area (TPSA) is 27.6 Å². The van der Waals surface area contributed by atoms with Gasteiger partial charge in [-0.15, -0.1) is 0 Å². The first-order valence-corrected chi connectivity index (χ1v) is 8.99. The molecule has 1 aromatic rings. The van der Waals surface area contributed by atoms with Crippen molar-refractivity contribution < 1.29 is 0 Å². The number of anilines is 2. The average Bonchev–Trinajstić information content (AvgIpc) is 2.94. The lowest BCUT2D eigenvalue weighted by molar-refractivity contribution is 0.456. The summed E-state index contributed by atoms with van der Waals surface area (Å²) >= 11 is 1.84. The van der Waals surface area contributed by atoms with E-state index in [1.165, 1.54) is 5.69 Å². The zero-order valence-electron chi connectivity index (χ0n) is 13.6. The fourth-order valence-electron chi connectivity index (χ4n) is 2.63. The molecule has 0 aromatic heterocycles. The minimum atomic E-state index is 0.147. The SMILES string of the molecule is CCN(CC)c1ccc(NC2=NC(CC)(CC)CS2)cc1. The molecule has 0 spiro atoms. The number of nitrogens with one attached hydrogen (secondary N) is 1. The molecule has 0 saturated carbocycles. The van der Waals surface area contributed by atoms with Crippen molar-refractivity contribution in [3.63, 3.8) is 0 Å². The van der Waals surface area contributed by atoms with Crippen LogP contribution in [0.5, 0.6) is 0 Å². The monoisotopic (exact) mass is 305 g/mol. The largest absolute Gasteiger partial charge is 0.372 e. The number of rotatable bonds is 6. The van der Waals surface area contributed by atoms with Crippen LogP contribution in [0.4, 0.5) is 11.4 Å². The van der Waals surface area contributed by atoms with Gasteiger partial charge in [0.2, 0.25) is 0 Å². The number of amidine groups is 1. The molecule has 1 aliphatic heterocycles. The smallest absolute Gasteiger partial charge is 0.161 e. The molecule has 0 aliphatic carbocycles. The third-order valence-corrected chi connectivity index (χ3v) is 5.53. The summed E-state index contributed by atoms with van der Waals surface area (Å²) in [5.74, 6) is 1.10. The summed E-state index contributed by atoms with van der Waals surface area (Å²) in [7, 11) is 0. The first-order chi connectivity index (χ1) is 10.2. The molecule has 0 amide bonds. The van der Waals surface area contributed by atoms with E-state index in [4.69, 9.17) is 4.99 Å². The molecular formula is C17H27N3S. The predicted octanol–water partition coefficient (Wildman–Crippen LogP) is 4.61. The van der Waals surface area contributed by atoms with Crippen LogP contribution >= 0.6 is 11.8 Å². The van der Waals surface area contributed by atoms with E-state index in [-0.39, 0.29) is 5.54 Å². The normalized spacial score (nSPS) is 16.7. The molecule has 1 N–H and O–H groups in total. The molecule has 1 heterocycles. The van der Waals surface area contributed by atoms with E-state index in [1.807, 2.05) is 11.8 Å². The van der Waals surface area contributed by atoms with Crippen molar-refractivity contribution in [2.24, 2.45) is 4.99 Å². The highest BCUT2D eigenvalue weighted by Gasteiger charge is 2.32. The van der Waals surface area contributed by atoms with Crippen molar-refractivity contribution in [1.29, 1.82) is 0 Å². The summed E-state index contributed by atoms with van der Waals surface area (Å²) in [6, 6.07) is 8.66. The Morgan fingerprint density at radius 3 is 2.19 bits per heavy atom. The zero-order chi connectivity index (χ0) is 15.3. The number of aliphatic imine (C=N–C) groups is 1. The fourth-order valence-corrected chi connectivity index (χ4v) is 3.95. The Labute approximate surface area is 133 Å². The standard InChI is InChI=1S/C17H27N3S/c1-5-17(6-2)13-21-16(19-17)18-14-9-11-15(12-10-14)20(7-3)8-4/h9-12H,5-8,13H2,1-4H3,(H,18,19). The Bertz CT molecular complexity index is 473. The Morgan fingerprint density at radius 1 is 1.10 bits per heavy atom. The Kier molecular flexibility index (Phi) is 5.57. The van der Waals surface area contributed by atoms with Crippen LogP contribution in [-0.2, 0) is 0 Å². The van der Waals surface area contributed by atoms with E-state index < -0.39 is 0 Å². The molecule has 0 atom stereocenters. The van der Waals surface area contributed by atoms with E-state index in [1.54, 1.807) is 0 Å². The summed E-state index contributed by atoms with van der Waals surface area (Å²) in [6.07, 6.45) is 2.23. The first kappa shape index (κ1) is 16.2. The number of nitrogens with zero attached hydrogens (tertiary/aromatic N) is 2. The number of benzene rings is 1. The molecule has 21 heavy (non-hydrogen) atoms. The summed E-state index contributed by atoms with van der Waals surface area (Å²) < 4.78 is 0. The fraction of sp³-hybridized carbons (Fsp3) is 0.588. The van der Waals surface area contributed by atoms with E-state index in [2.05, 4.69) is 62.2 Å². The maximum Gasteiger partial charge on any atom is 0.161 e. The van der Waals surface area contributed by atoms with Gasteiger partial charge in [0, 0.05) is 30.2 Å². The second-order valence-corrected chi connectivity index (χ2v) is 6.45. The van der Waals surface area contributed by atoms with Crippen LogP contribution in [0, 0.1) is 0 Å². The quantitative estimate of drug-likeness (QED) is 0.832. The third kappa shape index (κ3) is 3.73. The minimum Gasteiger partial charge on any atom is -0.372 e. The van der Waals surface area contributed by atoms with Gasteiger partial charge in [0.15, 0.2) is 5.17 Å². The maximum atomic E-state index is 4.90. The predicted molar refractivity (Wildman–Crippen MR) is 96.8 cm³/mol. The lowest BCUT2D eigenvalue weighted by Crippen LogP contribution is -2.24. The van der Waals surface area contributed by atoms with Gasteiger partial charge in [0.1, 0.15) is 0 Å².